The third-order valence-corrected chi connectivity index (χ3v) is 7.17. The van der Waals surface area contributed by atoms with E-state index in [-0.39, 0.29) is 22.2 Å². The van der Waals surface area contributed by atoms with Gasteiger partial charge in [0.2, 0.25) is 0 Å². The summed E-state index contributed by atoms with van der Waals surface area (Å²) < 4.78 is 5.08. The molecule has 0 radical (unpaired) electrons. The number of allylic oxidation sites excluding steroid dienone is 4. The second kappa shape index (κ2) is 5.36. The van der Waals surface area contributed by atoms with Crippen LogP contribution in [0.5, 0.6) is 0 Å². The highest BCUT2D eigenvalue weighted by Crippen LogP contribution is 2.64. The Balaban J connectivity index is 1.97. The van der Waals surface area contributed by atoms with Gasteiger partial charge in [-0.3, -0.25) is 0 Å². The number of fused-ring (bicyclic) bond motifs is 3. The van der Waals surface area contributed by atoms with E-state index in [0.717, 1.165) is 18.4 Å². The van der Waals surface area contributed by atoms with Gasteiger partial charge in [-0.05, 0) is 55.3 Å². The SMILES string of the molecule is C=C[C@]1(C)CC[C@@]2(C)C3=CCC=C(C(=O)OC)[C@]3(C)CC[C@@H]2C1. The Kier molecular flexibility index (Phi) is 3.85. The molecule has 0 aromatic carbocycles. The van der Waals surface area contributed by atoms with Crippen molar-refractivity contribution in [1.82, 2.24) is 0 Å². The second-order valence-electron chi connectivity index (χ2n) is 8.51. The Morgan fingerprint density at radius 3 is 2.65 bits per heavy atom. The normalized spacial score (nSPS) is 42.7. The van der Waals surface area contributed by atoms with Crippen LogP contribution in [0.15, 0.2) is 36.0 Å². The van der Waals surface area contributed by atoms with Crippen molar-refractivity contribution in [1.29, 1.82) is 0 Å². The van der Waals surface area contributed by atoms with Crippen molar-refractivity contribution in [3.63, 3.8) is 0 Å². The molecule has 126 valence electrons. The summed E-state index contributed by atoms with van der Waals surface area (Å²) in [6, 6.07) is 0. The molecule has 0 saturated heterocycles. The van der Waals surface area contributed by atoms with E-state index in [1.54, 1.807) is 0 Å². The zero-order chi connectivity index (χ0) is 16.9. The second-order valence-corrected chi connectivity index (χ2v) is 8.51. The molecule has 2 heteroatoms. The molecule has 0 bridgehead atoms. The minimum absolute atomic E-state index is 0.140. The van der Waals surface area contributed by atoms with Crippen LogP contribution in [0.2, 0.25) is 0 Å². The van der Waals surface area contributed by atoms with Crippen LogP contribution in [0, 0.1) is 22.2 Å². The van der Waals surface area contributed by atoms with E-state index < -0.39 is 0 Å². The maximum atomic E-state index is 12.3. The maximum absolute atomic E-state index is 12.3. The topological polar surface area (TPSA) is 26.3 Å². The lowest BCUT2D eigenvalue weighted by atomic mass is 9.46. The van der Waals surface area contributed by atoms with Crippen molar-refractivity contribution in [3.05, 3.63) is 36.0 Å². The molecule has 0 spiro atoms. The first kappa shape index (κ1) is 16.5. The molecule has 0 aliphatic heterocycles. The zero-order valence-electron chi connectivity index (χ0n) is 15.1. The average molecular weight is 314 g/mol. The summed E-state index contributed by atoms with van der Waals surface area (Å²) in [6.07, 6.45) is 13.3. The summed E-state index contributed by atoms with van der Waals surface area (Å²) >= 11 is 0. The number of methoxy groups -OCH3 is 1. The maximum Gasteiger partial charge on any atom is 0.334 e. The molecule has 0 amide bonds. The Morgan fingerprint density at radius 1 is 1.26 bits per heavy atom. The van der Waals surface area contributed by atoms with Gasteiger partial charge in [0.1, 0.15) is 0 Å². The summed E-state index contributed by atoms with van der Waals surface area (Å²) in [6.45, 7) is 11.1. The van der Waals surface area contributed by atoms with Crippen molar-refractivity contribution in [3.8, 4) is 0 Å². The molecule has 0 heterocycles. The van der Waals surface area contributed by atoms with Gasteiger partial charge in [0.05, 0.1) is 7.11 Å². The average Bonchev–Trinajstić information content (AvgIpc) is 2.55. The van der Waals surface area contributed by atoms with Crippen molar-refractivity contribution < 1.29 is 9.53 Å². The highest BCUT2D eigenvalue weighted by molar-refractivity contribution is 5.91. The van der Waals surface area contributed by atoms with Crippen LogP contribution in [0.4, 0.5) is 0 Å². The first-order valence-electron chi connectivity index (χ1n) is 8.93. The molecule has 3 aliphatic rings. The molecule has 0 aromatic heterocycles. The van der Waals surface area contributed by atoms with Crippen LogP contribution in [-0.4, -0.2) is 13.1 Å². The highest BCUT2D eigenvalue weighted by atomic mass is 16.5. The summed E-state index contributed by atoms with van der Waals surface area (Å²) in [5.74, 6) is 0.544. The Bertz CT molecular complexity index is 599. The van der Waals surface area contributed by atoms with E-state index in [1.165, 1.54) is 38.4 Å². The molecular formula is C21H30O2. The first-order valence-corrected chi connectivity index (χ1v) is 8.93. The molecule has 0 unspecified atom stereocenters. The van der Waals surface area contributed by atoms with Crippen LogP contribution >= 0.6 is 0 Å². The number of rotatable bonds is 2. The third-order valence-electron chi connectivity index (χ3n) is 7.17. The summed E-state index contributed by atoms with van der Waals surface area (Å²) in [7, 11) is 1.49. The number of carbonyl (C=O) groups is 1. The van der Waals surface area contributed by atoms with Gasteiger partial charge in [0.15, 0.2) is 0 Å². The van der Waals surface area contributed by atoms with Crippen molar-refractivity contribution in [2.75, 3.05) is 7.11 Å². The van der Waals surface area contributed by atoms with Crippen molar-refractivity contribution >= 4 is 5.97 Å². The molecular weight excluding hydrogens is 284 g/mol. The number of hydrogen-bond acceptors (Lipinski definition) is 2. The van der Waals surface area contributed by atoms with E-state index in [9.17, 15) is 4.79 Å². The van der Waals surface area contributed by atoms with Gasteiger partial charge < -0.3 is 4.74 Å². The number of esters is 1. The van der Waals surface area contributed by atoms with E-state index in [4.69, 9.17) is 4.74 Å². The molecule has 0 N–H and O–H groups in total. The Labute approximate surface area is 140 Å². The van der Waals surface area contributed by atoms with Gasteiger partial charge in [0, 0.05) is 11.0 Å². The van der Waals surface area contributed by atoms with Crippen LogP contribution < -0.4 is 0 Å². The van der Waals surface area contributed by atoms with E-state index in [2.05, 4.69) is 45.6 Å². The highest BCUT2D eigenvalue weighted by Gasteiger charge is 2.55. The van der Waals surface area contributed by atoms with Crippen molar-refractivity contribution in [2.45, 2.75) is 59.3 Å². The van der Waals surface area contributed by atoms with Crippen molar-refractivity contribution in [2.24, 2.45) is 22.2 Å². The van der Waals surface area contributed by atoms with Gasteiger partial charge in [-0.1, -0.05) is 44.6 Å². The lowest BCUT2D eigenvalue weighted by molar-refractivity contribution is -0.137. The van der Waals surface area contributed by atoms with Crippen LogP contribution in [-0.2, 0) is 9.53 Å². The quantitative estimate of drug-likeness (QED) is 0.516. The molecule has 23 heavy (non-hydrogen) atoms. The van der Waals surface area contributed by atoms with Gasteiger partial charge in [-0.15, -0.1) is 6.58 Å². The van der Waals surface area contributed by atoms with Crippen LogP contribution in [0.25, 0.3) is 0 Å². The molecule has 4 atom stereocenters. The van der Waals surface area contributed by atoms with Crippen LogP contribution in [0.3, 0.4) is 0 Å². The smallest absolute Gasteiger partial charge is 0.334 e. The molecule has 2 fully saturated rings. The van der Waals surface area contributed by atoms with E-state index in [1.807, 2.05) is 0 Å². The molecule has 0 aromatic rings. The molecule has 2 nitrogen and oxygen atoms in total. The van der Waals surface area contributed by atoms with Gasteiger partial charge >= 0.3 is 5.97 Å². The summed E-state index contributed by atoms with van der Waals surface area (Å²) in [5.41, 5.74) is 2.72. The lowest BCUT2D eigenvalue weighted by Gasteiger charge is -2.58. The Hall–Kier alpha value is -1.31. The summed E-state index contributed by atoms with van der Waals surface area (Å²) in [4.78, 5) is 12.3. The summed E-state index contributed by atoms with van der Waals surface area (Å²) in [5, 5.41) is 0. The predicted octanol–water partition coefficient (Wildman–Crippen LogP) is 5.21. The zero-order valence-corrected chi connectivity index (χ0v) is 15.1. The monoisotopic (exact) mass is 314 g/mol. The number of ether oxygens (including phenoxy) is 1. The third kappa shape index (κ3) is 2.33. The van der Waals surface area contributed by atoms with Crippen LogP contribution in [0.1, 0.15) is 59.3 Å². The number of hydrogen-bond donors (Lipinski definition) is 0. The lowest BCUT2D eigenvalue weighted by Crippen LogP contribution is -2.49. The van der Waals surface area contributed by atoms with E-state index >= 15 is 0 Å². The minimum Gasteiger partial charge on any atom is -0.466 e. The molecule has 3 rings (SSSR count). The fourth-order valence-electron chi connectivity index (χ4n) is 5.50. The largest absolute Gasteiger partial charge is 0.466 e. The minimum atomic E-state index is -0.146. The predicted molar refractivity (Wildman–Crippen MR) is 93.9 cm³/mol. The Morgan fingerprint density at radius 2 is 2.00 bits per heavy atom. The molecule has 2 saturated carbocycles. The molecule has 3 aliphatic carbocycles. The fourth-order valence-corrected chi connectivity index (χ4v) is 5.50. The fraction of sp³-hybridized carbons (Fsp3) is 0.667. The van der Waals surface area contributed by atoms with E-state index in [0.29, 0.717) is 5.92 Å². The van der Waals surface area contributed by atoms with Gasteiger partial charge in [-0.25, -0.2) is 4.79 Å². The standard InChI is InChI=1S/C21H30O2/c1-6-19(2)12-13-20(3)15(14-19)10-11-21(4)16(18(22)23-5)8-7-9-17(20)21/h6,8-9,15H,1,7,10-14H2,2-5H3/t15-,19-,20-,21+/m1/s1. The van der Waals surface area contributed by atoms with Gasteiger partial charge in [0.25, 0.3) is 0 Å². The number of carbonyl (C=O) groups excluding carboxylic acids is 1. The first-order chi connectivity index (χ1) is 10.8. The van der Waals surface area contributed by atoms with Gasteiger partial charge in [-0.2, -0.15) is 0 Å².